The van der Waals surface area contributed by atoms with Gasteiger partial charge in [0.05, 0.1) is 22.7 Å². The zero-order chi connectivity index (χ0) is 34.9. The van der Waals surface area contributed by atoms with E-state index in [9.17, 15) is 12.6 Å². The second kappa shape index (κ2) is 17.3. The first-order valence-electron chi connectivity index (χ1n) is 18.3. The quantitative estimate of drug-likeness (QED) is 0.120. The van der Waals surface area contributed by atoms with Crippen LogP contribution in [0, 0.1) is 5.92 Å². The molecule has 2 saturated heterocycles. The molecule has 6 rings (SSSR count). The maximum absolute atomic E-state index is 14.3. The number of ether oxygens (including phenoxy) is 1. The third-order valence-corrected chi connectivity index (χ3v) is 12.9. The summed E-state index contributed by atoms with van der Waals surface area (Å²) < 4.78 is 47.1. The second-order valence-electron chi connectivity index (χ2n) is 13.8. The Hall–Kier alpha value is -3.31. The smallest absolute Gasteiger partial charge is 0.210 e. The number of aromatic nitrogens is 1. The number of benzene rings is 3. The molecule has 0 amide bonds. The van der Waals surface area contributed by atoms with Crippen LogP contribution in [0.3, 0.4) is 0 Å². The van der Waals surface area contributed by atoms with Crippen molar-refractivity contribution in [3.05, 3.63) is 84.6 Å². The normalized spacial score (nSPS) is 17.3. The summed E-state index contributed by atoms with van der Waals surface area (Å²) in [5.74, 6) is 1.34. The fourth-order valence-electron chi connectivity index (χ4n) is 7.27. The molecule has 50 heavy (non-hydrogen) atoms. The minimum absolute atomic E-state index is 0.188. The summed E-state index contributed by atoms with van der Waals surface area (Å²) in [6.07, 6.45) is 11.3. The highest BCUT2D eigenvalue weighted by atomic mass is 32.2. The van der Waals surface area contributed by atoms with Crippen molar-refractivity contribution in [3.8, 4) is 5.75 Å². The Morgan fingerprint density at radius 2 is 1.56 bits per heavy atom. The van der Waals surface area contributed by atoms with Gasteiger partial charge in [0.1, 0.15) is 10.6 Å². The minimum atomic E-state index is -3.91. The number of sulfone groups is 1. The van der Waals surface area contributed by atoms with Gasteiger partial charge in [0, 0.05) is 72.8 Å². The van der Waals surface area contributed by atoms with Gasteiger partial charge in [-0.15, -0.1) is 0 Å². The molecule has 1 atom stereocenters. The maximum Gasteiger partial charge on any atom is 0.210 e. The number of nitrogens with zero attached hydrogens (tertiary/aromatic N) is 4. The first-order valence-corrected chi connectivity index (χ1v) is 21.3. The molecule has 0 saturated carbocycles. The molecule has 1 aromatic heterocycles. The Morgan fingerprint density at radius 1 is 0.840 bits per heavy atom. The van der Waals surface area contributed by atoms with Crippen LogP contribution in [0.5, 0.6) is 5.75 Å². The molecule has 8 nitrogen and oxygen atoms in total. The van der Waals surface area contributed by atoms with Crippen LogP contribution in [0.1, 0.15) is 57.4 Å². The molecule has 4 aromatic rings. The Bertz CT molecular complexity index is 1820. The van der Waals surface area contributed by atoms with Crippen LogP contribution in [-0.4, -0.2) is 86.1 Å². The second-order valence-corrected chi connectivity index (χ2v) is 17.1. The van der Waals surface area contributed by atoms with Crippen LogP contribution < -0.4 is 9.64 Å². The third-order valence-electron chi connectivity index (χ3n) is 10.2. The molecule has 0 radical (unpaired) electrons. The van der Waals surface area contributed by atoms with E-state index < -0.39 is 20.6 Å². The predicted molar refractivity (Wildman–Crippen MR) is 203 cm³/mol. The number of anilines is 1. The van der Waals surface area contributed by atoms with E-state index in [4.69, 9.17) is 4.74 Å². The molecule has 268 valence electrons. The zero-order valence-electron chi connectivity index (χ0n) is 29.6. The van der Waals surface area contributed by atoms with Crippen molar-refractivity contribution in [2.75, 3.05) is 63.6 Å². The van der Waals surface area contributed by atoms with E-state index in [1.54, 1.807) is 30.5 Å². The van der Waals surface area contributed by atoms with E-state index in [1.165, 1.54) is 43.9 Å². The number of fused-ring (bicyclic) bond motifs is 1. The Morgan fingerprint density at radius 3 is 2.26 bits per heavy atom. The fraction of sp³-hybridized carbons (Fsp3) is 0.475. The van der Waals surface area contributed by atoms with Gasteiger partial charge in [-0.1, -0.05) is 62.9 Å². The molecule has 3 aromatic carbocycles. The molecule has 2 fully saturated rings. The molecular formula is C40H52N4O4S2. The van der Waals surface area contributed by atoms with Crippen LogP contribution in [-0.2, 0) is 27.2 Å². The van der Waals surface area contributed by atoms with E-state index in [-0.39, 0.29) is 9.79 Å². The minimum Gasteiger partial charge on any atom is -0.494 e. The van der Waals surface area contributed by atoms with Gasteiger partial charge >= 0.3 is 0 Å². The number of hydrogen-bond acceptors (Lipinski definition) is 8. The summed E-state index contributed by atoms with van der Waals surface area (Å²) >= 11 is 0. The average molecular weight is 717 g/mol. The lowest BCUT2D eigenvalue weighted by Crippen LogP contribution is -2.49. The van der Waals surface area contributed by atoms with E-state index >= 15 is 0 Å². The van der Waals surface area contributed by atoms with Gasteiger partial charge in [-0.05, 0) is 86.3 Å². The Labute approximate surface area is 301 Å². The third kappa shape index (κ3) is 9.12. The van der Waals surface area contributed by atoms with Crippen LogP contribution in [0.2, 0.25) is 0 Å². The van der Waals surface area contributed by atoms with Crippen molar-refractivity contribution in [3.63, 3.8) is 0 Å². The number of likely N-dealkylation sites (tertiary alicyclic amines) is 1. The van der Waals surface area contributed by atoms with Crippen molar-refractivity contribution in [2.24, 2.45) is 5.92 Å². The Kier molecular flexibility index (Phi) is 12.6. The standard InChI is InChI=1S/C40H52N4O4S2/c1-3-4-5-6-10-27-48-34-13-16-36(17-14-34)50(46,47)39-29-41-38-18-15-35(49(2)45)28-37(38)40(39)44-25-23-43(24-26-44)31-33-19-21-42(22-20-33)30-32-11-8-7-9-12-32/h7-9,11-18,28-29,33H,3-6,10,19-27,30-31H2,1-2H3. The summed E-state index contributed by atoms with van der Waals surface area (Å²) in [6.45, 7) is 10.3. The predicted octanol–water partition coefficient (Wildman–Crippen LogP) is 7.19. The van der Waals surface area contributed by atoms with Crippen molar-refractivity contribution >= 4 is 37.2 Å². The summed E-state index contributed by atoms with van der Waals surface area (Å²) in [6, 6.07) is 23.0. The molecule has 3 heterocycles. The maximum atomic E-state index is 14.3. The zero-order valence-corrected chi connectivity index (χ0v) is 31.3. The largest absolute Gasteiger partial charge is 0.494 e. The van der Waals surface area contributed by atoms with Gasteiger partial charge in [-0.2, -0.15) is 0 Å². The summed E-state index contributed by atoms with van der Waals surface area (Å²) in [7, 11) is -5.13. The molecule has 2 aliphatic rings. The van der Waals surface area contributed by atoms with E-state index in [2.05, 4.69) is 56.9 Å². The van der Waals surface area contributed by atoms with Gasteiger partial charge < -0.3 is 9.64 Å². The van der Waals surface area contributed by atoms with Crippen molar-refractivity contribution in [2.45, 2.75) is 73.1 Å². The SMILES string of the molecule is CCCCCCCOc1ccc(S(=O)(=O)c2cnc3ccc(S(C)=O)cc3c2N2CCN(CC3CCN(Cc4ccccc4)CC3)CC2)cc1. The van der Waals surface area contributed by atoms with E-state index in [0.29, 0.717) is 47.5 Å². The van der Waals surface area contributed by atoms with Crippen molar-refractivity contribution in [1.29, 1.82) is 0 Å². The molecule has 1 unspecified atom stereocenters. The van der Waals surface area contributed by atoms with Gasteiger partial charge in [-0.3, -0.25) is 19.0 Å². The number of piperazine rings is 1. The highest BCUT2D eigenvalue weighted by Crippen LogP contribution is 2.37. The van der Waals surface area contributed by atoms with E-state index in [0.717, 1.165) is 57.5 Å². The van der Waals surface area contributed by atoms with Gasteiger partial charge in [0.2, 0.25) is 9.84 Å². The fourth-order valence-corrected chi connectivity index (χ4v) is 9.24. The lowest BCUT2D eigenvalue weighted by atomic mass is 9.95. The first-order chi connectivity index (χ1) is 24.3. The lowest BCUT2D eigenvalue weighted by Gasteiger charge is -2.40. The molecule has 2 aliphatic heterocycles. The number of unbranched alkanes of at least 4 members (excludes halogenated alkanes) is 4. The van der Waals surface area contributed by atoms with Crippen LogP contribution in [0.15, 0.2) is 93.7 Å². The highest BCUT2D eigenvalue weighted by Gasteiger charge is 2.30. The van der Waals surface area contributed by atoms with Gasteiger partial charge in [-0.25, -0.2) is 8.42 Å². The molecule has 0 bridgehead atoms. The molecular weight excluding hydrogens is 665 g/mol. The summed E-state index contributed by atoms with van der Waals surface area (Å²) in [5.41, 5.74) is 2.73. The number of piperidine rings is 1. The number of rotatable bonds is 15. The van der Waals surface area contributed by atoms with E-state index in [1.807, 2.05) is 18.2 Å². The van der Waals surface area contributed by atoms with Crippen molar-refractivity contribution in [1.82, 2.24) is 14.8 Å². The molecule has 0 spiro atoms. The average Bonchev–Trinajstić information content (AvgIpc) is 3.14. The monoisotopic (exact) mass is 716 g/mol. The first kappa shape index (κ1) is 36.5. The highest BCUT2D eigenvalue weighted by molar-refractivity contribution is 7.91. The lowest BCUT2D eigenvalue weighted by molar-refractivity contribution is 0.135. The number of pyridine rings is 1. The van der Waals surface area contributed by atoms with Crippen LogP contribution in [0.25, 0.3) is 10.9 Å². The summed E-state index contributed by atoms with van der Waals surface area (Å²) in [5, 5.41) is 0.723. The number of hydrogen-bond donors (Lipinski definition) is 0. The molecule has 0 N–H and O–H groups in total. The summed E-state index contributed by atoms with van der Waals surface area (Å²) in [4.78, 5) is 13.0. The van der Waals surface area contributed by atoms with Crippen LogP contribution >= 0.6 is 0 Å². The van der Waals surface area contributed by atoms with Crippen LogP contribution in [0.4, 0.5) is 5.69 Å². The Balaban J connectivity index is 1.15. The van der Waals surface area contributed by atoms with Gasteiger partial charge in [0.25, 0.3) is 0 Å². The van der Waals surface area contributed by atoms with Gasteiger partial charge in [0.15, 0.2) is 0 Å². The topological polar surface area (TPSA) is 83.0 Å². The van der Waals surface area contributed by atoms with Crippen molar-refractivity contribution < 1.29 is 17.4 Å². The molecule has 0 aliphatic carbocycles. The molecule has 10 heteroatoms.